The average Bonchev–Trinajstić information content (AvgIpc) is 2.38. The number of nitrogens with zero attached hydrogens (tertiary/aromatic N) is 1. The maximum Gasteiger partial charge on any atom is 0.335 e. The zero-order valence-electron chi connectivity index (χ0n) is 10.6. The normalized spacial score (nSPS) is 11.9. The Bertz CT molecular complexity index is 647. The predicted octanol–water partition coefficient (Wildman–Crippen LogP) is 4.26. The quantitative estimate of drug-likeness (QED) is 0.828. The van der Waals surface area contributed by atoms with E-state index in [2.05, 4.69) is 10.3 Å². The maximum atomic E-state index is 11.0. The Hall–Kier alpha value is -1.78. The third-order valence-corrected chi connectivity index (χ3v) is 3.31. The number of aromatic nitrogens is 1. The largest absolute Gasteiger partial charge is 0.478 e. The molecule has 1 atom stereocenters. The molecule has 0 saturated heterocycles. The lowest BCUT2D eigenvalue weighted by Gasteiger charge is -2.16. The lowest BCUT2D eigenvalue weighted by atomic mass is 10.1. The van der Waals surface area contributed by atoms with Gasteiger partial charge in [-0.15, -0.1) is 0 Å². The second kappa shape index (κ2) is 6.11. The zero-order valence-corrected chi connectivity index (χ0v) is 12.1. The van der Waals surface area contributed by atoms with Crippen LogP contribution in [0, 0.1) is 0 Å². The maximum absolute atomic E-state index is 11.0. The molecule has 2 rings (SSSR count). The summed E-state index contributed by atoms with van der Waals surface area (Å²) in [6.45, 7) is 1.91. The first-order chi connectivity index (χ1) is 9.47. The molecule has 0 aliphatic carbocycles. The molecule has 0 saturated carbocycles. The third-order valence-electron chi connectivity index (χ3n) is 2.78. The van der Waals surface area contributed by atoms with Gasteiger partial charge in [0, 0.05) is 5.02 Å². The van der Waals surface area contributed by atoms with E-state index in [1.807, 2.05) is 25.1 Å². The number of pyridine rings is 1. The number of carboxylic acids is 1. The Morgan fingerprint density at radius 1 is 1.30 bits per heavy atom. The Balaban J connectivity index is 2.26. The molecule has 1 aromatic carbocycles. The lowest BCUT2D eigenvalue weighted by molar-refractivity contribution is 0.0697. The molecule has 0 aliphatic heterocycles. The Kier molecular flexibility index (Phi) is 4.47. The fourth-order valence-corrected chi connectivity index (χ4v) is 2.33. The van der Waals surface area contributed by atoms with Crippen LogP contribution in [0.15, 0.2) is 36.4 Å². The number of aromatic carboxylic acids is 1. The number of hydrogen-bond donors (Lipinski definition) is 2. The molecule has 0 radical (unpaired) electrons. The van der Waals surface area contributed by atoms with Crippen LogP contribution in [-0.2, 0) is 0 Å². The lowest BCUT2D eigenvalue weighted by Crippen LogP contribution is -2.09. The summed E-state index contributed by atoms with van der Waals surface area (Å²) in [5.74, 6) is -0.662. The van der Waals surface area contributed by atoms with Gasteiger partial charge in [0.15, 0.2) is 0 Å². The number of carbonyl (C=O) groups is 1. The van der Waals surface area contributed by atoms with Gasteiger partial charge in [0.05, 0.1) is 11.6 Å². The molecule has 2 N–H and O–H groups in total. The predicted molar refractivity (Wildman–Crippen MR) is 79.7 cm³/mol. The molecule has 6 heteroatoms. The summed E-state index contributed by atoms with van der Waals surface area (Å²) in [5, 5.41) is 12.8. The second-order valence-corrected chi connectivity index (χ2v) is 5.05. The SMILES string of the molecule is CC(Nc1cc(C(=O)O)cc(Cl)n1)c1ccccc1Cl. The minimum Gasteiger partial charge on any atom is -0.478 e. The van der Waals surface area contributed by atoms with Gasteiger partial charge in [-0.1, -0.05) is 41.4 Å². The molecule has 0 bridgehead atoms. The van der Waals surface area contributed by atoms with Crippen LogP contribution in [0.3, 0.4) is 0 Å². The van der Waals surface area contributed by atoms with E-state index < -0.39 is 5.97 Å². The minimum atomic E-state index is -1.05. The van der Waals surface area contributed by atoms with E-state index in [4.69, 9.17) is 28.3 Å². The Labute approximate surface area is 126 Å². The molecule has 0 amide bonds. The highest BCUT2D eigenvalue weighted by molar-refractivity contribution is 6.31. The summed E-state index contributed by atoms with van der Waals surface area (Å²) >= 11 is 11.9. The van der Waals surface area contributed by atoms with Gasteiger partial charge < -0.3 is 10.4 Å². The summed E-state index contributed by atoms with van der Waals surface area (Å²) in [5.41, 5.74) is 0.978. The molecular weight excluding hydrogens is 299 g/mol. The van der Waals surface area contributed by atoms with Crippen molar-refractivity contribution in [2.24, 2.45) is 0 Å². The molecule has 1 heterocycles. The Morgan fingerprint density at radius 3 is 2.65 bits per heavy atom. The van der Waals surface area contributed by atoms with Crippen molar-refractivity contribution in [3.05, 3.63) is 57.7 Å². The van der Waals surface area contributed by atoms with Gasteiger partial charge >= 0.3 is 5.97 Å². The van der Waals surface area contributed by atoms with E-state index in [9.17, 15) is 4.79 Å². The first-order valence-electron chi connectivity index (χ1n) is 5.89. The number of hydrogen-bond acceptors (Lipinski definition) is 3. The van der Waals surface area contributed by atoms with Crippen LogP contribution in [0.1, 0.15) is 28.9 Å². The van der Waals surface area contributed by atoms with Crippen molar-refractivity contribution in [2.45, 2.75) is 13.0 Å². The highest BCUT2D eigenvalue weighted by atomic mass is 35.5. The van der Waals surface area contributed by atoms with E-state index >= 15 is 0 Å². The number of carboxylic acid groups (broad SMARTS) is 1. The van der Waals surface area contributed by atoms with Gasteiger partial charge in [-0.2, -0.15) is 0 Å². The summed E-state index contributed by atoms with van der Waals surface area (Å²) < 4.78 is 0. The van der Waals surface area contributed by atoms with Gasteiger partial charge in [-0.3, -0.25) is 0 Å². The van der Waals surface area contributed by atoms with E-state index in [-0.39, 0.29) is 16.8 Å². The molecular formula is C14H12Cl2N2O2. The summed E-state index contributed by atoms with van der Waals surface area (Å²) in [7, 11) is 0. The molecule has 0 fully saturated rings. The van der Waals surface area contributed by atoms with E-state index in [1.54, 1.807) is 6.07 Å². The second-order valence-electron chi connectivity index (χ2n) is 4.26. The third kappa shape index (κ3) is 3.40. The van der Waals surface area contributed by atoms with E-state index in [1.165, 1.54) is 12.1 Å². The number of rotatable bonds is 4. The minimum absolute atomic E-state index is 0.0823. The van der Waals surface area contributed by atoms with Crippen LogP contribution in [-0.4, -0.2) is 16.1 Å². The van der Waals surface area contributed by atoms with Crippen LogP contribution in [0.2, 0.25) is 10.2 Å². The first-order valence-corrected chi connectivity index (χ1v) is 6.65. The van der Waals surface area contributed by atoms with Crippen molar-refractivity contribution in [3.63, 3.8) is 0 Å². The van der Waals surface area contributed by atoms with Crippen molar-refractivity contribution < 1.29 is 9.90 Å². The van der Waals surface area contributed by atoms with Crippen molar-refractivity contribution in [3.8, 4) is 0 Å². The topological polar surface area (TPSA) is 62.2 Å². The summed E-state index contributed by atoms with van der Waals surface area (Å²) in [4.78, 5) is 15.0. The molecule has 1 unspecified atom stereocenters. The van der Waals surface area contributed by atoms with Crippen LogP contribution < -0.4 is 5.32 Å². The van der Waals surface area contributed by atoms with Crippen molar-refractivity contribution >= 4 is 35.0 Å². The molecule has 104 valence electrons. The number of nitrogens with one attached hydrogen (secondary N) is 1. The number of anilines is 1. The number of halogens is 2. The van der Waals surface area contributed by atoms with E-state index in [0.717, 1.165) is 5.56 Å². The summed E-state index contributed by atoms with van der Waals surface area (Å²) in [6, 6.07) is 10.0. The van der Waals surface area contributed by atoms with Crippen LogP contribution in [0.5, 0.6) is 0 Å². The highest BCUT2D eigenvalue weighted by Gasteiger charge is 2.12. The van der Waals surface area contributed by atoms with Gasteiger partial charge in [-0.25, -0.2) is 9.78 Å². The van der Waals surface area contributed by atoms with Crippen LogP contribution in [0.4, 0.5) is 5.82 Å². The molecule has 0 spiro atoms. The molecule has 1 aromatic heterocycles. The van der Waals surface area contributed by atoms with Crippen LogP contribution in [0.25, 0.3) is 0 Å². The smallest absolute Gasteiger partial charge is 0.335 e. The van der Waals surface area contributed by atoms with Gasteiger partial charge in [0.25, 0.3) is 0 Å². The van der Waals surface area contributed by atoms with E-state index in [0.29, 0.717) is 10.8 Å². The zero-order chi connectivity index (χ0) is 14.7. The molecule has 2 aromatic rings. The summed E-state index contributed by atoms with van der Waals surface area (Å²) in [6.07, 6.45) is 0. The van der Waals surface area contributed by atoms with Crippen molar-refractivity contribution in [1.29, 1.82) is 0 Å². The standard InChI is InChI=1S/C14H12Cl2N2O2/c1-8(10-4-2-3-5-11(10)15)17-13-7-9(14(19)20)6-12(16)18-13/h2-8H,1H3,(H,17,18)(H,19,20). The van der Waals surface area contributed by atoms with Crippen LogP contribution >= 0.6 is 23.2 Å². The first kappa shape index (κ1) is 14.6. The Morgan fingerprint density at radius 2 is 2.00 bits per heavy atom. The van der Waals surface area contributed by atoms with Crippen molar-refractivity contribution in [1.82, 2.24) is 4.98 Å². The molecule has 20 heavy (non-hydrogen) atoms. The fourth-order valence-electron chi connectivity index (χ4n) is 1.82. The fraction of sp³-hybridized carbons (Fsp3) is 0.143. The van der Waals surface area contributed by atoms with Gasteiger partial charge in [0.1, 0.15) is 11.0 Å². The number of benzene rings is 1. The molecule has 4 nitrogen and oxygen atoms in total. The average molecular weight is 311 g/mol. The highest BCUT2D eigenvalue weighted by Crippen LogP contribution is 2.26. The van der Waals surface area contributed by atoms with Crippen molar-refractivity contribution in [2.75, 3.05) is 5.32 Å². The van der Waals surface area contributed by atoms with Gasteiger partial charge in [-0.05, 0) is 30.7 Å². The molecule has 0 aliphatic rings. The monoisotopic (exact) mass is 310 g/mol. The van der Waals surface area contributed by atoms with Gasteiger partial charge in [0.2, 0.25) is 0 Å².